The number of fused-ring (bicyclic) bond motifs is 1. The van der Waals surface area contributed by atoms with Gasteiger partial charge in [-0.3, -0.25) is 0 Å². The maximum Gasteiger partial charge on any atom is 0.142 e. The van der Waals surface area contributed by atoms with E-state index < -0.39 is 0 Å². The van der Waals surface area contributed by atoms with Crippen LogP contribution in [0.2, 0.25) is 0 Å². The summed E-state index contributed by atoms with van der Waals surface area (Å²) in [5, 5.41) is 9.69. The molecule has 0 spiro atoms. The van der Waals surface area contributed by atoms with Gasteiger partial charge in [-0.25, -0.2) is 9.37 Å². The minimum absolute atomic E-state index is 0.173. The molecular formula is C22H17BrFN3. The molecule has 0 saturated heterocycles. The van der Waals surface area contributed by atoms with Crippen LogP contribution in [0.4, 0.5) is 10.2 Å². The summed E-state index contributed by atoms with van der Waals surface area (Å²) in [5.74, 6) is 0.107. The summed E-state index contributed by atoms with van der Waals surface area (Å²) in [7, 11) is 0. The van der Waals surface area contributed by atoms with Crippen LogP contribution in [-0.2, 0) is 12.8 Å². The van der Waals surface area contributed by atoms with Crippen LogP contribution in [0.5, 0.6) is 0 Å². The lowest BCUT2D eigenvalue weighted by atomic mass is 9.78. The summed E-state index contributed by atoms with van der Waals surface area (Å²) in [5.41, 5.74) is 10.3. The number of hydrogen-bond acceptors (Lipinski definition) is 3. The third-order valence-electron chi connectivity index (χ3n) is 5.18. The second-order valence-corrected chi connectivity index (χ2v) is 7.67. The van der Waals surface area contributed by atoms with E-state index in [0.717, 1.165) is 24.1 Å². The first-order valence-electron chi connectivity index (χ1n) is 8.80. The van der Waals surface area contributed by atoms with Crippen LogP contribution in [0, 0.1) is 17.1 Å². The van der Waals surface area contributed by atoms with Gasteiger partial charge in [0.15, 0.2) is 0 Å². The molecule has 0 aliphatic heterocycles. The molecule has 1 aliphatic rings. The summed E-state index contributed by atoms with van der Waals surface area (Å²) < 4.78 is 15.4. The van der Waals surface area contributed by atoms with Crippen LogP contribution < -0.4 is 5.73 Å². The molecule has 0 bridgehead atoms. The lowest BCUT2D eigenvalue weighted by molar-refractivity contribution is 0.575. The van der Waals surface area contributed by atoms with Crippen molar-refractivity contribution in [1.29, 1.82) is 5.26 Å². The molecule has 27 heavy (non-hydrogen) atoms. The van der Waals surface area contributed by atoms with Crippen molar-refractivity contribution in [2.24, 2.45) is 0 Å². The molecule has 1 aromatic heterocycles. The fourth-order valence-corrected chi connectivity index (χ4v) is 4.22. The van der Waals surface area contributed by atoms with Crippen molar-refractivity contribution in [1.82, 2.24) is 4.98 Å². The number of nitrogens with zero attached hydrogens (tertiary/aromatic N) is 2. The maximum atomic E-state index is 14.8. The number of aryl methyl sites for hydroxylation is 1. The first-order chi connectivity index (χ1) is 13.1. The Hall–Kier alpha value is -2.71. The molecule has 0 radical (unpaired) electrons. The summed E-state index contributed by atoms with van der Waals surface area (Å²) in [6, 6.07) is 17.3. The normalized spacial score (nSPS) is 15.8. The molecule has 1 unspecified atom stereocenters. The Morgan fingerprint density at radius 3 is 2.67 bits per heavy atom. The van der Waals surface area contributed by atoms with Gasteiger partial charge in [0.25, 0.3) is 0 Å². The molecule has 0 saturated carbocycles. The summed E-state index contributed by atoms with van der Waals surface area (Å²) in [4.78, 5) is 4.47. The highest BCUT2D eigenvalue weighted by Crippen LogP contribution is 2.41. The smallest absolute Gasteiger partial charge is 0.142 e. The number of halogens is 2. The van der Waals surface area contributed by atoms with Gasteiger partial charge in [-0.15, -0.1) is 0 Å². The summed E-state index contributed by atoms with van der Waals surface area (Å²) in [6.45, 7) is 0. The molecule has 134 valence electrons. The average molecular weight is 422 g/mol. The zero-order valence-corrected chi connectivity index (χ0v) is 16.1. The molecule has 3 nitrogen and oxygen atoms in total. The third kappa shape index (κ3) is 3.22. The van der Waals surface area contributed by atoms with Gasteiger partial charge in [-0.05, 0) is 48.4 Å². The number of benzene rings is 2. The van der Waals surface area contributed by atoms with Gasteiger partial charge in [0.2, 0.25) is 0 Å². The standard InChI is InChI=1S/C22H17BrFN3/c23-15-7-8-16(19(24)11-15)21-17-10-14(13-4-2-1-3-5-13)6-9-20(17)27-22(26)18(21)12-25/h1-5,7-8,11,14H,6,9-10H2,(H2,26,27). The predicted octanol–water partition coefficient (Wildman–Crippen LogP) is 5.38. The highest BCUT2D eigenvalue weighted by atomic mass is 79.9. The van der Waals surface area contributed by atoms with Gasteiger partial charge < -0.3 is 5.73 Å². The molecular weight excluding hydrogens is 405 g/mol. The van der Waals surface area contributed by atoms with Crippen molar-refractivity contribution in [3.8, 4) is 17.2 Å². The lowest BCUT2D eigenvalue weighted by Gasteiger charge is -2.27. The van der Waals surface area contributed by atoms with Crippen molar-refractivity contribution in [2.75, 3.05) is 5.73 Å². The number of aromatic nitrogens is 1. The van der Waals surface area contributed by atoms with Gasteiger partial charge in [0, 0.05) is 21.3 Å². The Balaban J connectivity index is 1.91. The Bertz CT molecular complexity index is 1060. The number of pyridine rings is 1. The minimum atomic E-state index is -0.379. The third-order valence-corrected chi connectivity index (χ3v) is 5.67. The quantitative estimate of drug-likeness (QED) is 0.604. The second kappa shape index (κ2) is 7.13. The number of nitriles is 1. The Kier molecular flexibility index (Phi) is 4.67. The highest BCUT2D eigenvalue weighted by molar-refractivity contribution is 9.10. The van der Waals surface area contributed by atoms with Gasteiger partial charge in [-0.2, -0.15) is 5.26 Å². The maximum absolute atomic E-state index is 14.8. The van der Waals surface area contributed by atoms with E-state index in [4.69, 9.17) is 5.73 Å². The van der Waals surface area contributed by atoms with E-state index in [9.17, 15) is 9.65 Å². The van der Waals surface area contributed by atoms with Gasteiger partial charge in [-0.1, -0.05) is 52.3 Å². The van der Waals surface area contributed by atoms with E-state index in [-0.39, 0.29) is 17.2 Å². The summed E-state index contributed by atoms with van der Waals surface area (Å²) in [6.07, 6.45) is 2.43. The zero-order chi connectivity index (χ0) is 19.0. The van der Waals surface area contributed by atoms with Crippen LogP contribution in [0.25, 0.3) is 11.1 Å². The van der Waals surface area contributed by atoms with Crippen molar-refractivity contribution < 1.29 is 4.39 Å². The fraction of sp³-hybridized carbons (Fsp3) is 0.182. The molecule has 3 aromatic rings. The molecule has 1 aliphatic carbocycles. The first-order valence-corrected chi connectivity index (χ1v) is 9.59. The molecule has 4 rings (SSSR count). The number of nitrogen functional groups attached to an aromatic ring is 1. The molecule has 1 heterocycles. The van der Waals surface area contributed by atoms with Gasteiger partial charge in [0.05, 0.1) is 0 Å². The van der Waals surface area contributed by atoms with Crippen LogP contribution in [0.3, 0.4) is 0 Å². The van der Waals surface area contributed by atoms with E-state index in [1.165, 1.54) is 11.6 Å². The number of rotatable bonds is 2. The van der Waals surface area contributed by atoms with Crippen molar-refractivity contribution in [3.05, 3.63) is 81.2 Å². The SMILES string of the molecule is N#Cc1c(N)nc2c(c1-c1ccc(Br)cc1F)CC(c1ccccc1)CC2. The van der Waals surface area contributed by atoms with Crippen LogP contribution in [0.15, 0.2) is 53.0 Å². The topological polar surface area (TPSA) is 62.7 Å². The lowest BCUT2D eigenvalue weighted by Crippen LogP contribution is -2.18. The minimum Gasteiger partial charge on any atom is -0.383 e. The van der Waals surface area contributed by atoms with Gasteiger partial charge >= 0.3 is 0 Å². The second-order valence-electron chi connectivity index (χ2n) is 6.76. The Labute approximate surface area is 165 Å². The van der Waals surface area contributed by atoms with E-state index in [2.05, 4.69) is 39.1 Å². The molecule has 5 heteroatoms. The fourth-order valence-electron chi connectivity index (χ4n) is 3.89. The molecule has 1 atom stereocenters. The largest absolute Gasteiger partial charge is 0.383 e. The molecule has 2 aromatic carbocycles. The van der Waals surface area contributed by atoms with Crippen molar-refractivity contribution >= 4 is 21.7 Å². The van der Waals surface area contributed by atoms with Crippen LogP contribution in [-0.4, -0.2) is 4.98 Å². The average Bonchev–Trinajstić information content (AvgIpc) is 2.68. The van der Waals surface area contributed by atoms with Crippen molar-refractivity contribution in [3.63, 3.8) is 0 Å². The molecule has 0 fully saturated rings. The Morgan fingerprint density at radius 1 is 1.19 bits per heavy atom. The van der Waals surface area contributed by atoms with E-state index >= 15 is 0 Å². The Morgan fingerprint density at radius 2 is 1.96 bits per heavy atom. The van der Waals surface area contributed by atoms with E-state index in [1.54, 1.807) is 12.1 Å². The van der Waals surface area contributed by atoms with Crippen molar-refractivity contribution in [2.45, 2.75) is 25.2 Å². The zero-order valence-electron chi connectivity index (χ0n) is 14.5. The highest BCUT2D eigenvalue weighted by Gasteiger charge is 2.28. The number of anilines is 1. The monoisotopic (exact) mass is 421 g/mol. The number of nitrogens with two attached hydrogens (primary N) is 1. The molecule has 0 amide bonds. The predicted molar refractivity (Wildman–Crippen MR) is 108 cm³/mol. The van der Waals surface area contributed by atoms with Crippen LogP contribution >= 0.6 is 15.9 Å². The summed E-state index contributed by atoms with van der Waals surface area (Å²) >= 11 is 3.29. The molecule has 2 N–H and O–H groups in total. The first kappa shape index (κ1) is 17.7. The number of hydrogen-bond donors (Lipinski definition) is 1. The van der Waals surface area contributed by atoms with Gasteiger partial charge in [0.1, 0.15) is 23.3 Å². The van der Waals surface area contributed by atoms with E-state index in [1.807, 2.05) is 18.2 Å². The van der Waals surface area contributed by atoms with E-state index in [0.29, 0.717) is 27.9 Å². The van der Waals surface area contributed by atoms with Crippen LogP contribution in [0.1, 0.15) is 34.7 Å².